The van der Waals surface area contributed by atoms with Gasteiger partial charge in [0.05, 0.1) is 0 Å². The van der Waals surface area contributed by atoms with E-state index < -0.39 is 36.2 Å². The van der Waals surface area contributed by atoms with E-state index in [2.05, 4.69) is 10.6 Å². The van der Waals surface area contributed by atoms with E-state index in [4.69, 9.17) is 18.9 Å². The van der Waals surface area contributed by atoms with Crippen molar-refractivity contribution < 1.29 is 38.1 Å². The van der Waals surface area contributed by atoms with Crippen molar-refractivity contribution >= 4 is 24.0 Å². The summed E-state index contributed by atoms with van der Waals surface area (Å²) in [5.41, 5.74) is 1.65. The molecule has 2 atom stereocenters. The summed E-state index contributed by atoms with van der Waals surface area (Å²) in [5, 5.41) is 4.21. The number of rotatable bonds is 8. The van der Waals surface area contributed by atoms with Crippen molar-refractivity contribution in [1.29, 1.82) is 0 Å². The fraction of sp³-hybridized carbons (Fsp3) is 0.154. The number of carbonyl (C=O) groups is 4. The number of carbonyl (C=O) groups excluding carboxylic acids is 4. The van der Waals surface area contributed by atoms with Gasteiger partial charge in [-0.25, -0.2) is 9.59 Å². The Balaban J connectivity index is 1.17. The fourth-order valence-corrected chi connectivity index (χ4v) is 3.74. The second kappa shape index (κ2) is 9.79. The van der Waals surface area contributed by atoms with E-state index in [0.717, 1.165) is 11.1 Å². The molecule has 0 saturated carbocycles. The molecule has 2 N–H and O–H groups in total. The second-order valence-electron chi connectivity index (χ2n) is 8.14. The lowest BCUT2D eigenvalue weighted by Crippen LogP contribution is -2.25. The maximum absolute atomic E-state index is 11.6. The van der Waals surface area contributed by atoms with Gasteiger partial charge in [0.15, 0.2) is 12.2 Å². The number of cyclic esters (lactones) is 2. The van der Waals surface area contributed by atoms with E-state index in [-0.39, 0.29) is 12.8 Å². The van der Waals surface area contributed by atoms with Gasteiger partial charge in [-0.05, 0) is 47.5 Å². The minimum Gasteiger partial charge on any atom is -0.457 e. The lowest BCUT2D eigenvalue weighted by Gasteiger charge is -2.11. The topological polar surface area (TPSA) is 129 Å². The highest BCUT2D eigenvalue weighted by molar-refractivity contribution is 6.00. The van der Waals surface area contributed by atoms with Gasteiger partial charge >= 0.3 is 12.2 Å². The lowest BCUT2D eigenvalue weighted by molar-refractivity contribution is -0.124. The van der Waals surface area contributed by atoms with Crippen LogP contribution in [-0.4, -0.2) is 36.2 Å². The molecule has 3 aromatic rings. The zero-order valence-electron chi connectivity index (χ0n) is 18.8. The maximum atomic E-state index is 11.6. The summed E-state index contributed by atoms with van der Waals surface area (Å²) in [4.78, 5) is 45.6. The predicted molar refractivity (Wildman–Crippen MR) is 124 cm³/mol. The highest BCUT2D eigenvalue weighted by Gasteiger charge is 2.32. The third kappa shape index (κ3) is 5.44. The second-order valence-corrected chi connectivity index (χ2v) is 8.14. The number of hydrogen-bond donors (Lipinski definition) is 2. The Hall–Kier alpha value is -4.86. The summed E-state index contributed by atoms with van der Waals surface area (Å²) in [5.74, 6) is 1.41. The average Bonchev–Trinajstić information content (AvgIpc) is 3.34. The Morgan fingerprint density at radius 2 is 1.00 bits per heavy atom. The molecule has 182 valence electrons. The van der Waals surface area contributed by atoms with Crippen LogP contribution in [0.25, 0.3) is 0 Å². The fourth-order valence-electron chi connectivity index (χ4n) is 3.74. The van der Waals surface area contributed by atoms with Gasteiger partial charge in [0.1, 0.15) is 23.0 Å². The molecule has 2 unspecified atom stereocenters. The van der Waals surface area contributed by atoms with E-state index in [1.807, 2.05) is 0 Å². The Bertz CT molecular complexity index is 1220. The summed E-state index contributed by atoms with van der Waals surface area (Å²) in [6.07, 6.45) is -2.56. The van der Waals surface area contributed by atoms with Gasteiger partial charge in [0.25, 0.3) is 11.8 Å². The molecule has 0 aliphatic carbocycles. The molecule has 2 heterocycles. The van der Waals surface area contributed by atoms with Gasteiger partial charge in [-0.15, -0.1) is 0 Å². The van der Waals surface area contributed by atoms with Crippen LogP contribution in [0, 0.1) is 0 Å². The largest absolute Gasteiger partial charge is 0.457 e. The van der Waals surface area contributed by atoms with Crippen molar-refractivity contribution in [2.45, 2.75) is 25.0 Å². The van der Waals surface area contributed by atoms with Crippen molar-refractivity contribution in [2.24, 2.45) is 0 Å². The van der Waals surface area contributed by atoms with Crippen LogP contribution in [0.3, 0.4) is 0 Å². The number of benzene rings is 3. The summed E-state index contributed by atoms with van der Waals surface area (Å²) in [6.45, 7) is 0. The van der Waals surface area contributed by atoms with Crippen LogP contribution in [0.2, 0.25) is 0 Å². The lowest BCUT2D eigenvalue weighted by atomic mass is 10.1. The maximum Gasteiger partial charge on any atom is 0.414 e. The van der Waals surface area contributed by atoms with Crippen LogP contribution in [-0.2, 0) is 31.9 Å². The zero-order valence-corrected chi connectivity index (χ0v) is 18.8. The van der Waals surface area contributed by atoms with Crippen LogP contribution >= 0.6 is 0 Å². The molecule has 2 fully saturated rings. The molecule has 2 aliphatic heterocycles. The van der Waals surface area contributed by atoms with E-state index in [0.29, 0.717) is 23.0 Å². The Labute approximate surface area is 205 Å². The van der Waals surface area contributed by atoms with Crippen LogP contribution < -0.4 is 20.1 Å². The number of amides is 4. The summed E-state index contributed by atoms with van der Waals surface area (Å²) >= 11 is 0. The molecule has 10 heteroatoms. The third-order valence-electron chi connectivity index (χ3n) is 5.50. The molecule has 0 radical (unpaired) electrons. The molecule has 36 heavy (non-hydrogen) atoms. The summed E-state index contributed by atoms with van der Waals surface area (Å²) in [6, 6.07) is 21.4. The first-order valence-corrected chi connectivity index (χ1v) is 11.1. The summed E-state index contributed by atoms with van der Waals surface area (Å²) < 4.78 is 21.7. The molecule has 5 rings (SSSR count). The van der Waals surface area contributed by atoms with Crippen molar-refractivity contribution in [1.82, 2.24) is 10.6 Å². The van der Waals surface area contributed by atoms with Crippen LogP contribution in [0.15, 0.2) is 72.8 Å². The van der Waals surface area contributed by atoms with Gasteiger partial charge in [-0.2, -0.15) is 0 Å². The quantitative estimate of drug-likeness (QED) is 0.492. The van der Waals surface area contributed by atoms with Crippen LogP contribution in [0.4, 0.5) is 9.59 Å². The molecule has 3 aromatic carbocycles. The smallest absolute Gasteiger partial charge is 0.414 e. The highest BCUT2D eigenvalue weighted by Crippen LogP contribution is 2.29. The van der Waals surface area contributed by atoms with Crippen LogP contribution in [0.5, 0.6) is 23.0 Å². The first-order chi connectivity index (χ1) is 17.4. The molecule has 4 amide bonds. The molecule has 10 nitrogen and oxygen atoms in total. The molecule has 2 saturated heterocycles. The molecular formula is C26H20N2O8. The van der Waals surface area contributed by atoms with E-state index >= 15 is 0 Å². The number of imide groups is 2. The predicted octanol–water partition coefficient (Wildman–Crippen LogP) is 3.63. The third-order valence-corrected chi connectivity index (χ3v) is 5.50. The van der Waals surface area contributed by atoms with Gasteiger partial charge in [-0.3, -0.25) is 20.2 Å². The van der Waals surface area contributed by atoms with E-state index in [1.54, 1.807) is 72.8 Å². The number of nitrogens with one attached hydrogen (secondary N) is 2. The van der Waals surface area contributed by atoms with Crippen molar-refractivity contribution in [3.05, 3.63) is 83.9 Å². The van der Waals surface area contributed by atoms with Crippen molar-refractivity contribution in [2.75, 3.05) is 0 Å². The minimum atomic E-state index is -0.827. The standard InChI is InChI=1S/C26H20N2O8/c29-23-21(35-25(31)27-23)12-15-4-8-17(9-5-15)33-19-2-1-3-20(14-19)34-18-10-6-16(7-11-18)13-22-24(30)28-26(32)36-22/h1-11,14,21-22H,12-13H2,(H,27,29,31)(H,28,30,32). The molecule has 2 aliphatic rings. The SMILES string of the molecule is O=C1NC(=O)C(Cc2ccc(Oc3cccc(Oc4ccc(CC5OC(=O)NC5=O)cc4)c3)cc2)O1. The van der Waals surface area contributed by atoms with Gasteiger partial charge < -0.3 is 18.9 Å². The number of ether oxygens (including phenoxy) is 4. The Morgan fingerprint density at radius 3 is 1.36 bits per heavy atom. The zero-order chi connectivity index (χ0) is 25.1. The normalized spacial score (nSPS) is 18.8. The van der Waals surface area contributed by atoms with E-state index in [1.165, 1.54) is 0 Å². The molecular weight excluding hydrogens is 468 g/mol. The van der Waals surface area contributed by atoms with Crippen molar-refractivity contribution in [3.63, 3.8) is 0 Å². The first kappa shape index (κ1) is 22.9. The molecule has 0 spiro atoms. The average molecular weight is 488 g/mol. The Kier molecular flexibility index (Phi) is 6.23. The number of hydrogen-bond acceptors (Lipinski definition) is 8. The summed E-state index contributed by atoms with van der Waals surface area (Å²) in [7, 11) is 0. The van der Waals surface area contributed by atoms with Crippen LogP contribution in [0.1, 0.15) is 11.1 Å². The van der Waals surface area contributed by atoms with Gasteiger partial charge in [-0.1, -0.05) is 30.3 Å². The number of alkyl carbamates (subject to hydrolysis) is 2. The first-order valence-electron chi connectivity index (χ1n) is 11.1. The molecule has 0 bridgehead atoms. The monoisotopic (exact) mass is 488 g/mol. The molecule has 0 aromatic heterocycles. The van der Waals surface area contributed by atoms with E-state index in [9.17, 15) is 19.2 Å². The van der Waals surface area contributed by atoms with Gasteiger partial charge in [0, 0.05) is 18.9 Å². The van der Waals surface area contributed by atoms with Crippen molar-refractivity contribution in [3.8, 4) is 23.0 Å². The van der Waals surface area contributed by atoms with Gasteiger partial charge in [0.2, 0.25) is 0 Å². The Morgan fingerprint density at radius 1 is 0.583 bits per heavy atom. The minimum absolute atomic E-state index is 0.277. The highest BCUT2D eigenvalue weighted by atomic mass is 16.6.